The third kappa shape index (κ3) is 5.94. The second-order valence-corrected chi connectivity index (χ2v) is 4.77. The van der Waals surface area contributed by atoms with Gasteiger partial charge in [-0.2, -0.15) is 0 Å². The Labute approximate surface area is 109 Å². The summed E-state index contributed by atoms with van der Waals surface area (Å²) in [6.45, 7) is 3.15. The van der Waals surface area contributed by atoms with Crippen molar-refractivity contribution < 1.29 is 13.9 Å². The van der Waals surface area contributed by atoms with E-state index in [1.807, 2.05) is 6.92 Å². The minimum atomic E-state index is -0.329. The molecule has 0 N–H and O–H groups in total. The maximum Gasteiger partial charge on any atom is 0.139 e. The van der Waals surface area contributed by atoms with Crippen LogP contribution >= 0.6 is 15.9 Å². The monoisotopic (exact) mass is 302 g/mol. The van der Waals surface area contributed by atoms with E-state index in [0.29, 0.717) is 29.7 Å². The van der Waals surface area contributed by atoms with Crippen molar-refractivity contribution in [2.45, 2.75) is 26.2 Å². The van der Waals surface area contributed by atoms with Gasteiger partial charge in [0.05, 0.1) is 6.61 Å². The number of hydrogen-bond donors (Lipinski definition) is 0. The standard InChI is InChI=1S/C13H16BrFO2/c1-2-4-17-5-3-13(16)8-10-6-11(14)9-12(15)7-10/h6-7,9H,2-5,8H2,1H3. The molecule has 0 atom stereocenters. The summed E-state index contributed by atoms with van der Waals surface area (Å²) in [5.74, 6) is -0.261. The van der Waals surface area contributed by atoms with Crippen molar-refractivity contribution in [2.24, 2.45) is 0 Å². The van der Waals surface area contributed by atoms with Gasteiger partial charge in [-0.1, -0.05) is 22.9 Å². The van der Waals surface area contributed by atoms with Crippen LogP contribution < -0.4 is 0 Å². The van der Waals surface area contributed by atoms with Crippen LogP contribution in [0.4, 0.5) is 4.39 Å². The van der Waals surface area contributed by atoms with E-state index in [1.165, 1.54) is 12.1 Å². The largest absolute Gasteiger partial charge is 0.381 e. The van der Waals surface area contributed by atoms with E-state index in [2.05, 4.69) is 15.9 Å². The number of rotatable bonds is 7. The van der Waals surface area contributed by atoms with Crippen LogP contribution in [0.15, 0.2) is 22.7 Å². The molecule has 1 rings (SSSR count). The summed E-state index contributed by atoms with van der Waals surface area (Å²) < 4.78 is 19.0. The molecule has 1 aromatic carbocycles. The normalized spacial score (nSPS) is 10.5. The predicted molar refractivity (Wildman–Crippen MR) is 68.5 cm³/mol. The van der Waals surface area contributed by atoms with Crippen LogP contribution in [0.5, 0.6) is 0 Å². The molecule has 0 amide bonds. The average Bonchev–Trinajstić information content (AvgIpc) is 2.23. The number of benzene rings is 1. The van der Waals surface area contributed by atoms with Crippen LogP contribution in [0.1, 0.15) is 25.3 Å². The summed E-state index contributed by atoms with van der Waals surface area (Å²) in [5, 5.41) is 0. The number of ether oxygens (including phenoxy) is 1. The lowest BCUT2D eigenvalue weighted by molar-refractivity contribution is -0.119. The highest BCUT2D eigenvalue weighted by atomic mass is 79.9. The summed E-state index contributed by atoms with van der Waals surface area (Å²) in [4.78, 5) is 11.6. The maximum atomic E-state index is 13.1. The summed E-state index contributed by atoms with van der Waals surface area (Å²) in [7, 11) is 0. The molecule has 0 spiro atoms. The van der Waals surface area contributed by atoms with Gasteiger partial charge in [0.1, 0.15) is 11.6 Å². The van der Waals surface area contributed by atoms with Crippen molar-refractivity contribution in [3.8, 4) is 0 Å². The molecule has 0 fully saturated rings. The zero-order valence-corrected chi connectivity index (χ0v) is 11.4. The van der Waals surface area contributed by atoms with Crippen LogP contribution in [0.3, 0.4) is 0 Å². The van der Waals surface area contributed by atoms with Crippen LogP contribution in [0.25, 0.3) is 0 Å². The minimum absolute atomic E-state index is 0.0682. The fourth-order valence-electron chi connectivity index (χ4n) is 1.46. The second-order valence-electron chi connectivity index (χ2n) is 3.86. The molecule has 0 saturated carbocycles. The molecule has 0 aliphatic rings. The van der Waals surface area contributed by atoms with Crippen LogP contribution in [-0.4, -0.2) is 19.0 Å². The van der Waals surface area contributed by atoms with Crippen molar-refractivity contribution in [1.29, 1.82) is 0 Å². The highest BCUT2D eigenvalue weighted by molar-refractivity contribution is 9.10. The molecule has 0 heterocycles. The average molecular weight is 303 g/mol. The Hall–Kier alpha value is -0.740. The lowest BCUT2D eigenvalue weighted by Gasteiger charge is -2.03. The summed E-state index contributed by atoms with van der Waals surface area (Å²) in [6, 6.07) is 4.52. The molecule has 0 bridgehead atoms. The zero-order chi connectivity index (χ0) is 12.7. The van der Waals surface area contributed by atoms with E-state index in [-0.39, 0.29) is 18.0 Å². The fourth-order valence-corrected chi connectivity index (χ4v) is 1.97. The molecule has 0 aromatic heterocycles. The van der Waals surface area contributed by atoms with Crippen LogP contribution in [-0.2, 0) is 16.0 Å². The molecule has 0 unspecified atom stereocenters. The van der Waals surface area contributed by atoms with Crippen molar-refractivity contribution in [3.63, 3.8) is 0 Å². The molecular formula is C13H16BrFO2. The Morgan fingerprint density at radius 3 is 2.76 bits per heavy atom. The van der Waals surface area contributed by atoms with E-state index in [0.717, 1.165) is 6.42 Å². The van der Waals surface area contributed by atoms with E-state index >= 15 is 0 Å². The van der Waals surface area contributed by atoms with Gasteiger partial charge < -0.3 is 4.74 Å². The predicted octanol–water partition coefficient (Wildman–Crippen LogP) is 3.52. The van der Waals surface area contributed by atoms with Gasteiger partial charge in [-0.3, -0.25) is 4.79 Å². The number of carbonyl (C=O) groups excluding carboxylic acids is 1. The summed E-state index contributed by atoms with van der Waals surface area (Å²) in [5.41, 5.74) is 0.692. The van der Waals surface area contributed by atoms with Gasteiger partial charge in [0, 0.05) is 23.9 Å². The lowest BCUT2D eigenvalue weighted by atomic mass is 10.1. The molecule has 2 nitrogen and oxygen atoms in total. The van der Waals surface area contributed by atoms with Crippen molar-refractivity contribution >= 4 is 21.7 Å². The highest BCUT2D eigenvalue weighted by Crippen LogP contribution is 2.15. The van der Waals surface area contributed by atoms with Crippen molar-refractivity contribution in [3.05, 3.63) is 34.1 Å². The third-order valence-corrected chi connectivity index (χ3v) is 2.66. The number of carbonyl (C=O) groups is 1. The van der Waals surface area contributed by atoms with Gasteiger partial charge in [-0.15, -0.1) is 0 Å². The Bertz CT molecular complexity index is 359. The molecule has 17 heavy (non-hydrogen) atoms. The molecule has 0 aliphatic heterocycles. The van der Waals surface area contributed by atoms with E-state index in [9.17, 15) is 9.18 Å². The van der Waals surface area contributed by atoms with E-state index in [1.54, 1.807) is 6.07 Å². The Morgan fingerprint density at radius 2 is 2.12 bits per heavy atom. The molecule has 0 aliphatic carbocycles. The maximum absolute atomic E-state index is 13.1. The molecule has 0 radical (unpaired) electrons. The smallest absolute Gasteiger partial charge is 0.139 e. The molecule has 1 aromatic rings. The first-order chi connectivity index (χ1) is 8.11. The second kappa shape index (κ2) is 7.56. The van der Waals surface area contributed by atoms with Crippen LogP contribution in [0, 0.1) is 5.82 Å². The minimum Gasteiger partial charge on any atom is -0.381 e. The topological polar surface area (TPSA) is 26.3 Å². The molecular weight excluding hydrogens is 287 g/mol. The van der Waals surface area contributed by atoms with Crippen LogP contribution in [0.2, 0.25) is 0 Å². The van der Waals surface area contributed by atoms with Gasteiger partial charge in [-0.25, -0.2) is 4.39 Å². The molecule has 0 saturated heterocycles. The molecule has 4 heteroatoms. The zero-order valence-electron chi connectivity index (χ0n) is 9.84. The Balaban J connectivity index is 2.39. The fraction of sp³-hybridized carbons (Fsp3) is 0.462. The Kier molecular flexibility index (Phi) is 6.37. The van der Waals surface area contributed by atoms with Crippen molar-refractivity contribution in [2.75, 3.05) is 13.2 Å². The first-order valence-electron chi connectivity index (χ1n) is 5.66. The molecule has 94 valence electrons. The number of halogens is 2. The highest BCUT2D eigenvalue weighted by Gasteiger charge is 2.06. The van der Waals surface area contributed by atoms with E-state index in [4.69, 9.17) is 4.74 Å². The van der Waals surface area contributed by atoms with E-state index < -0.39 is 0 Å². The SMILES string of the molecule is CCCOCCC(=O)Cc1cc(F)cc(Br)c1. The summed E-state index contributed by atoms with van der Waals surface area (Å²) in [6.07, 6.45) is 1.59. The first-order valence-corrected chi connectivity index (χ1v) is 6.45. The lowest BCUT2D eigenvalue weighted by Crippen LogP contribution is -2.07. The number of ketones is 1. The summed E-state index contributed by atoms with van der Waals surface area (Å²) >= 11 is 3.20. The van der Waals surface area contributed by atoms with Crippen molar-refractivity contribution in [1.82, 2.24) is 0 Å². The first kappa shape index (κ1) is 14.3. The third-order valence-electron chi connectivity index (χ3n) is 2.20. The van der Waals surface area contributed by atoms with Gasteiger partial charge in [0.25, 0.3) is 0 Å². The Morgan fingerprint density at radius 1 is 1.35 bits per heavy atom. The van der Waals surface area contributed by atoms with Gasteiger partial charge in [0.15, 0.2) is 0 Å². The van der Waals surface area contributed by atoms with Gasteiger partial charge >= 0.3 is 0 Å². The number of Topliss-reactive ketones (excluding diaryl/α,β-unsaturated/α-hetero) is 1. The van der Waals surface area contributed by atoms with Gasteiger partial charge in [0.2, 0.25) is 0 Å². The quantitative estimate of drug-likeness (QED) is 0.720. The van der Waals surface area contributed by atoms with Gasteiger partial charge in [-0.05, 0) is 30.2 Å². The number of hydrogen-bond acceptors (Lipinski definition) is 2.